The van der Waals surface area contributed by atoms with E-state index in [0.717, 1.165) is 18.8 Å². The Bertz CT molecular complexity index is 228. The molecule has 1 rings (SSSR count). The second-order valence-corrected chi connectivity index (χ2v) is 2.67. The van der Waals surface area contributed by atoms with Crippen LogP contribution in [0.3, 0.4) is 0 Å². The number of aliphatic imine (C=N–C) groups is 1. The Morgan fingerprint density at radius 3 is 3.17 bits per heavy atom. The molecule has 1 aliphatic rings. The van der Waals surface area contributed by atoms with Crippen LogP contribution in [0, 0.1) is 0 Å². The second kappa shape index (κ2) is 3.95. The summed E-state index contributed by atoms with van der Waals surface area (Å²) in [5, 5.41) is 3.01. The molecule has 0 saturated heterocycles. The fourth-order valence-corrected chi connectivity index (χ4v) is 1.14. The fraction of sp³-hybridized carbons (Fsp3) is 0.444. The standard InChI is InChI=1S/C9H15N3/c1-4-10-9-8(6-7-11-9)12(3)5-2/h4,7,10H,1,5-6H2,2-3H3. The van der Waals surface area contributed by atoms with Crippen LogP contribution in [0.5, 0.6) is 0 Å². The first kappa shape index (κ1) is 8.84. The van der Waals surface area contributed by atoms with Crippen molar-refractivity contribution in [2.24, 2.45) is 4.99 Å². The maximum atomic E-state index is 4.21. The van der Waals surface area contributed by atoms with Crippen molar-refractivity contribution in [3.63, 3.8) is 0 Å². The van der Waals surface area contributed by atoms with Gasteiger partial charge in [-0.1, -0.05) is 6.58 Å². The van der Waals surface area contributed by atoms with E-state index in [-0.39, 0.29) is 0 Å². The van der Waals surface area contributed by atoms with E-state index in [1.807, 2.05) is 6.21 Å². The van der Waals surface area contributed by atoms with Gasteiger partial charge in [-0.05, 0) is 13.1 Å². The summed E-state index contributed by atoms with van der Waals surface area (Å²) < 4.78 is 0. The van der Waals surface area contributed by atoms with Crippen LogP contribution in [0.15, 0.2) is 29.3 Å². The summed E-state index contributed by atoms with van der Waals surface area (Å²) in [6.45, 7) is 6.73. The van der Waals surface area contributed by atoms with Gasteiger partial charge >= 0.3 is 0 Å². The molecule has 0 spiro atoms. The van der Waals surface area contributed by atoms with Crippen molar-refractivity contribution in [1.82, 2.24) is 10.2 Å². The van der Waals surface area contributed by atoms with Gasteiger partial charge in [0.05, 0.1) is 5.70 Å². The van der Waals surface area contributed by atoms with Gasteiger partial charge in [-0.15, -0.1) is 0 Å². The van der Waals surface area contributed by atoms with Crippen LogP contribution >= 0.6 is 0 Å². The van der Waals surface area contributed by atoms with Crippen LogP contribution in [-0.2, 0) is 0 Å². The van der Waals surface area contributed by atoms with Gasteiger partial charge in [-0.25, -0.2) is 4.99 Å². The normalized spacial score (nSPS) is 15.2. The first-order valence-electron chi connectivity index (χ1n) is 4.13. The molecule has 0 atom stereocenters. The average molecular weight is 165 g/mol. The van der Waals surface area contributed by atoms with E-state index < -0.39 is 0 Å². The number of hydrogen-bond acceptors (Lipinski definition) is 3. The molecule has 0 bridgehead atoms. The highest BCUT2D eigenvalue weighted by Crippen LogP contribution is 2.16. The van der Waals surface area contributed by atoms with Gasteiger partial charge in [0.25, 0.3) is 0 Å². The minimum Gasteiger partial charge on any atom is -0.375 e. The van der Waals surface area contributed by atoms with E-state index in [9.17, 15) is 0 Å². The molecule has 0 radical (unpaired) electrons. The summed E-state index contributed by atoms with van der Waals surface area (Å²) >= 11 is 0. The molecule has 0 unspecified atom stereocenters. The Labute approximate surface area is 73.5 Å². The summed E-state index contributed by atoms with van der Waals surface area (Å²) in [6, 6.07) is 0. The number of nitrogens with zero attached hydrogens (tertiary/aromatic N) is 2. The molecular weight excluding hydrogens is 150 g/mol. The monoisotopic (exact) mass is 165 g/mol. The van der Waals surface area contributed by atoms with Crippen molar-refractivity contribution in [2.75, 3.05) is 13.6 Å². The molecule has 0 aromatic carbocycles. The van der Waals surface area contributed by atoms with E-state index in [2.05, 4.69) is 35.8 Å². The predicted octanol–water partition coefficient (Wildman–Crippen LogP) is 1.31. The lowest BCUT2D eigenvalue weighted by molar-refractivity contribution is 0.431. The first-order valence-corrected chi connectivity index (χ1v) is 4.13. The van der Waals surface area contributed by atoms with Crippen LogP contribution in [-0.4, -0.2) is 24.7 Å². The van der Waals surface area contributed by atoms with Crippen molar-refractivity contribution in [3.05, 3.63) is 24.3 Å². The van der Waals surface area contributed by atoms with Gasteiger partial charge in [0.1, 0.15) is 5.82 Å². The minimum atomic E-state index is 0.917. The molecule has 0 aromatic heterocycles. The molecule has 0 fully saturated rings. The summed E-state index contributed by atoms with van der Waals surface area (Å²) in [4.78, 5) is 6.39. The maximum absolute atomic E-state index is 4.21. The lowest BCUT2D eigenvalue weighted by atomic mass is 10.3. The minimum absolute atomic E-state index is 0.917. The van der Waals surface area contributed by atoms with E-state index >= 15 is 0 Å². The van der Waals surface area contributed by atoms with E-state index in [4.69, 9.17) is 0 Å². The third-order valence-corrected chi connectivity index (χ3v) is 1.95. The molecule has 0 amide bonds. The maximum Gasteiger partial charge on any atom is 0.149 e. The van der Waals surface area contributed by atoms with Crippen LogP contribution in [0.2, 0.25) is 0 Å². The van der Waals surface area contributed by atoms with Crippen LogP contribution in [0.1, 0.15) is 13.3 Å². The Morgan fingerprint density at radius 2 is 2.58 bits per heavy atom. The van der Waals surface area contributed by atoms with Gasteiger partial charge in [0, 0.05) is 26.2 Å². The SMILES string of the molecule is C=CNC1=C(N(C)CC)CC=N1. The zero-order valence-electron chi connectivity index (χ0n) is 7.67. The summed E-state index contributed by atoms with van der Waals surface area (Å²) in [5.41, 5.74) is 1.23. The zero-order chi connectivity index (χ0) is 8.97. The third-order valence-electron chi connectivity index (χ3n) is 1.95. The lowest BCUT2D eigenvalue weighted by Crippen LogP contribution is -2.19. The third kappa shape index (κ3) is 1.67. The molecule has 3 heteroatoms. The average Bonchev–Trinajstić information content (AvgIpc) is 2.52. The van der Waals surface area contributed by atoms with Crippen molar-refractivity contribution >= 4 is 6.21 Å². The Kier molecular flexibility index (Phi) is 2.91. The van der Waals surface area contributed by atoms with Crippen molar-refractivity contribution in [3.8, 4) is 0 Å². The zero-order valence-corrected chi connectivity index (χ0v) is 7.67. The quantitative estimate of drug-likeness (QED) is 0.680. The van der Waals surface area contributed by atoms with Gasteiger partial charge in [0.2, 0.25) is 0 Å². The van der Waals surface area contributed by atoms with E-state index in [1.165, 1.54) is 5.70 Å². The number of hydrogen-bond donors (Lipinski definition) is 1. The summed E-state index contributed by atoms with van der Waals surface area (Å²) in [7, 11) is 2.06. The smallest absolute Gasteiger partial charge is 0.149 e. The molecule has 12 heavy (non-hydrogen) atoms. The molecule has 1 aliphatic heterocycles. The second-order valence-electron chi connectivity index (χ2n) is 2.67. The van der Waals surface area contributed by atoms with Crippen LogP contribution in [0.25, 0.3) is 0 Å². The van der Waals surface area contributed by atoms with Gasteiger partial charge in [-0.2, -0.15) is 0 Å². The van der Waals surface area contributed by atoms with Gasteiger partial charge in [-0.3, -0.25) is 0 Å². The van der Waals surface area contributed by atoms with Crippen LogP contribution in [0.4, 0.5) is 0 Å². The van der Waals surface area contributed by atoms with Crippen molar-refractivity contribution in [2.45, 2.75) is 13.3 Å². The molecule has 0 saturated carbocycles. The highest BCUT2D eigenvalue weighted by Gasteiger charge is 2.12. The molecule has 0 aliphatic carbocycles. The Balaban J connectivity index is 2.72. The lowest BCUT2D eigenvalue weighted by Gasteiger charge is -2.18. The summed E-state index contributed by atoms with van der Waals surface area (Å²) in [6.07, 6.45) is 4.48. The highest BCUT2D eigenvalue weighted by molar-refractivity contribution is 5.66. The van der Waals surface area contributed by atoms with E-state index in [1.54, 1.807) is 6.20 Å². The molecule has 1 heterocycles. The molecule has 3 nitrogen and oxygen atoms in total. The molecule has 0 aromatic rings. The Hall–Kier alpha value is -1.25. The largest absolute Gasteiger partial charge is 0.375 e. The predicted molar refractivity (Wildman–Crippen MR) is 51.8 cm³/mol. The highest BCUT2D eigenvalue weighted by atomic mass is 15.2. The van der Waals surface area contributed by atoms with E-state index in [0.29, 0.717) is 0 Å². The molecular formula is C9H15N3. The van der Waals surface area contributed by atoms with Crippen LogP contribution < -0.4 is 5.32 Å². The van der Waals surface area contributed by atoms with Gasteiger partial charge in [0.15, 0.2) is 0 Å². The number of allylic oxidation sites excluding steroid dienone is 1. The van der Waals surface area contributed by atoms with Crippen molar-refractivity contribution < 1.29 is 0 Å². The Morgan fingerprint density at radius 1 is 1.83 bits per heavy atom. The fourth-order valence-electron chi connectivity index (χ4n) is 1.14. The molecule has 66 valence electrons. The first-order chi connectivity index (χ1) is 5.79. The molecule has 1 N–H and O–H groups in total. The summed E-state index contributed by atoms with van der Waals surface area (Å²) in [5.74, 6) is 0.925. The number of nitrogens with one attached hydrogen (secondary N) is 1. The number of rotatable bonds is 4. The van der Waals surface area contributed by atoms with Crippen molar-refractivity contribution in [1.29, 1.82) is 0 Å². The topological polar surface area (TPSA) is 27.6 Å². The van der Waals surface area contributed by atoms with Gasteiger partial charge < -0.3 is 10.2 Å².